The molecule has 0 amide bonds. The van der Waals surface area contributed by atoms with Gasteiger partial charge in [-0.2, -0.15) is 0 Å². The van der Waals surface area contributed by atoms with E-state index in [9.17, 15) is 0 Å². The van der Waals surface area contributed by atoms with E-state index in [2.05, 4.69) is 9.97 Å². The summed E-state index contributed by atoms with van der Waals surface area (Å²) in [7, 11) is 0. The number of aromatic nitrogens is 2. The normalized spacial score (nSPS) is 10.2. The third kappa shape index (κ3) is 2.99. The Balaban J connectivity index is 2.10. The van der Waals surface area contributed by atoms with E-state index in [1.165, 1.54) is 12.4 Å². The van der Waals surface area contributed by atoms with Crippen LogP contribution in [0.5, 0.6) is 5.88 Å². The highest BCUT2D eigenvalue weighted by Gasteiger charge is 2.05. The molecule has 1 aromatic heterocycles. The van der Waals surface area contributed by atoms with Crippen molar-refractivity contribution >= 4 is 29.0 Å². The zero-order chi connectivity index (χ0) is 12.3. The van der Waals surface area contributed by atoms with Gasteiger partial charge in [0.2, 0.25) is 0 Å². The molecule has 2 rings (SSSR count). The molecule has 0 saturated heterocycles. The van der Waals surface area contributed by atoms with Crippen molar-refractivity contribution in [3.05, 3.63) is 46.2 Å². The molecule has 4 nitrogen and oxygen atoms in total. The van der Waals surface area contributed by atoms with Crippen LogP contribution in [0.1, 0.15) is 5.56 Å². The molecule has 88 valence electrons. The Morgan fingerprint density at radius 2 is 1.94 bits per heavy atom. The lowest BCUT2D eigenvalue weighted by atomic mass is 10.2. The largest absolute Gasteiger partial charge is 0.470 e. The van der Waals surface area contributed by atoms with Crippen LogP contribution in [0.15, 0.2) is 30.6 Å². The van der Waals surface area contributed by atoms with E-state index in [0.717, 1.165) is 5.56 Å². The van der Waals surface area contributed by atoms with Gasteiger partial charge < -0.3 is 10.5 Å². The molecule has 6 heteroatoms. The highest BCUT2D eigenvalue weighted by atomic mass is 35.5. The zero-order valence-electron chi connectivity index (χ0n) is 8.73. The first-order chi connectivity index (χ1) is 8.16. The van der Waals surface area contributed by atoms with Crippen LogP contribution < -0.4 is 10.5 Å². The number of ether oxygens (including phenoxy) is 1. The summed E-state index contributed by atoms with van der Waals surface area (Å²) >= 11 is 11.8. The second-order valence-corrected chi connectivity index (χ2v) is 4.11. The fraction of sp³-hybridized carbons (Fsp3) is 0.0909. The van der Waals surface area contributed by atoms with Crippen molar-refractivity contribution in [1.82, 2.24) is 9.97 Å². The predicted molar refractivity (Wildman–Crippen MR) is 67.2 cm³/mol. The minimum Gasteiger partial charge on any atom is -0.470 e. The van der Waals surface area contributed by atoms with Gasteiger partial charge in [0, 0.05) is 28.0 Å². The molecule has 0 bridgehead atoms. The first-order valence-electron chi connectivity index (χ1n) is 4.80. The van der Waals surface area contributed by atoms with Crippen molar-refractivity contribution < 1.29 is 4.74 Å². The molecule has 1 aromatic carbocycles. The van der Waals surface area contributed by atoms with Crippen molar-refractivity contribution in [2.45, 2.75) is 6.61 Å². The first-order valence-corrected chi connectivity index (χ1v) is 5.55. The van der Waals surface area contributed by atoms with Gasteiger partial charge in [-0.25, -0.2) is 9.97 Å². The number of nitrogens with zero attached hydrogens (tertiary/aromatic N) is 2. The van der Waals surface area contributed by atoms with Gasteiger partial charge in [-0.05, 0) is 12.1 Å². The fourth-order valence-corrected chi connectivity index (χ4v) is 1.70. The maximum absolute atomic E-state index is 6.00. The smallest absolute Gasteiger partial charge is 0.257 e. The lowest BCUT2D eigenvalue weighted by molar-refractivity contribution is 0.294. The molecule has 0 aliphatic carbocycles. The summed E-state index contributed by atoms with van der Waals surface area (Å²) in [6, 6.07) is 5.19. The van der Waals surface area contributed by atoms with Crippen LogP contribution in [-0.4, -0.2) is 9.97 Å². The van der Waals surface area contributed by atoms with Gasteiger partial charge >= 0.3 is 0 Å². The van der Waals surface area contributed by atoms with Crippen molar-refractivity contribution in [3.63, 3.8) is 0 Å². The van der Waals surface area contributed by atoms with Crippen LogP contribution in [0.4, 0.5) is 5.82 Å². The Hall–Kier alpha value is -1.52. The molecule has 2 N–H and O–H groups in total. The number of benzene rings is 1. The third-order valence-electron chi connectivity index (χ3n) is 2.07. The number of anilines is 1. The van der Waals surface area contributed by atoms with Gasteiger partial charge in [0.25, 0.3) is 5.88 Å². The molecule has 0 fully saturated rings. The predicted octanol–water partition coefficient (Wildman–Crippen LogP) is 2.94. The standard InChI is InChI=1S/C11H9Cl2N3O/c12-8-2-1-7(9(13)5-8)6-17-11-10(14)15-3-4-16-11/h1-5H,6H2,(H2,14,15). The van der Waals surface area contributed by atoms with Crippen molar-refractivity contribution in [2.24, 2.45) is 0 Å². The minimum absolute atomic E-state index is 0.248. The summed E-state index contributed by atoms with van der Waals surface area (Å²) in [5, 5.41) is 1.12. The Bertz CT molecular complexity index is 534. The van der Waals surface area contributed by atoms with Crippen LogP contribution in [0, 0.1) is 0 Å². The number of hydrogen-bond acceptors (Lipinski definition) is 4. The highest BCUT2D eigenvalue weighted by molar-refractivity contribution is 6.35. The van der Waals surface area contributed by atoms with Gasteiger partial charge in [-0.1, -0.05) is 29.3 Å². The molecule has 0 atom stereocenters. The van der Waals surface area contributed by atoms with Crippen LogP contribution >= 0.6 is 23.2 Å². The van der Waals surface area contributed by atoms with Gasteiger partial charge in [-0.3, -0.25) is 0 Å². The third-order valence-corrected chi connectivity index (χ3v) is 2.66. The molecule has 0 spiro atoms. The molecule has 0 unspecified atom stereocenters. The monoisotopic (exact) mass is 269 g/mol. The summed E-state index contributed by atoms with van der Waals surface area (Å²) in [5.41, 5.74) is 6.40. The summed E-state index contributed by atoms with van der Waals surface area (Å²) in [6.07, 6.45) is 3.01. The van der Waals surface area contributed by atoms with E-state index in [4.69, 9.17) is 33.7 Å². The molecule has 0 saturated carbocycles. The van der Waals surface area contributed by atoms with Crippen molar-refractivity contribution in [3.8, 4) is 5.88 Å². The van der Waals surface area contributed by atoms with E-state index < -0.39 is 0 Å². The maximum atomic E-state index is 6.00. The molecule has 1 heterocycles. The van der Waals surface area contributed by atoms with E-state index in [0.29, 0.717) is 15.9 Å². The molecular formula is C11H9Cl2N3O. The number of hydrogen-bond donors (Lipinski definition) is 1. The maximum Gasteiger partial charge on any atom is 0.257 e. The lowest BCUT2D eigenvalue weighted by Gasteiger charge is -2.08. The van der Waals surface area contributed by atoms with E-state index in [-0.39, 0.29) is 12.4 Å². The van der Waals surface area contributed by atoms with E-state index in [1.54, 1.807) is 18.2 Å². The topological polar surface area (TPSA) is 61.0 Å². The van der Waals surface area contributed by atoms with Gasteiger partial charge in [0.1, 0.15) is 6.61 Å². The van der Waals surface area contributed by atoms with Crippen LogP contribution in [-0.2, 0) is 6.61 Å². The SMILES string of the molecule is Nc1nccnc1OCc1ccc(Cl)cc1Cl. The lowest BCUT2D eigenvalue weighted by Crippen LogP contribution is -2.02. The number of nitrogens with two attached hydrogens (primary N) is 1. The van der Waals surface area contributed by atoms with Gasteiger partial charge in [0.15, 0.2) is 5.82 Å². The Morgan fingerprint density at radius 1 is 1.18 bits per heavy atom. The molecule has 0 aliphatic heterocycles. The average molecular weight is 270 g/mol. The number of halogens is 2. The molecular weight excluding hydrogens is 261 g/mol. The minimum atomic E-state index is 0.248. The molecule has 0 radical (unpaired) electrons. The van der Waals surface area contributed by atoms with Crippen molar-refractivity contribution in [2.75, 3.05) is 5.73 Å². The second kappa shape index (κ2) is 5.21. The van der Waals surface area contributed by atoms with E-state index in [1.807, 2.05) is 0 Å². The number of rotatable bonds is 3. The highest BCUT2D eigenvalue weighted by Crippen LogP contribution is 2.23. The summed E-state index contributed by atoms with van der Waals surface area (Å²) in [4.78, 5) is 7.83. The molecule has 2 aromatic rings. The summed E-state index contributed by atoms with van der Waals surface area (Å²) in [5.74, 6) is 0.538. The second-order valence-electron chi connectivity index (χ2n) is 3.27. The Labute approximate surface area is 108 Å². The van der Waals surface area contributed by atoms with Gasteiger partial charge in [-0.15, -0.1) is 0 Å². The summed E-state index contributed by atoms with van der Waals surface area (Å²) < 4.78 is 5.42. The van der Waals surface area contributed by atoms with Crippen LogP contribution in [0.2, 0.25) is 10.0 Å². The first kappa shape index (κ1) is 12.0. The molecule has 0 aliphatic rings. The summed E-state index contributed by atoms with van der Waals surface area (Å²) in [6.45, 7) is 0.263. The average Bonchev–Trinajstić information content (AvgIpc) is 2.30. The molecule has 17 heavy (non-hydrogen) atoms. The van der Waals surface area contributed by atoms with Gasteiger partial charge in [0.05, 0.1) is 0 Å². The Kier molecular flexibility index (Phi) is 3.66. The van der Waals surface area contributed by atoms with Crippen LogP contribution in [0.25, 0.3) is 0 Å². The van der Waals surface area contributed by atoms with Crippen molar-refractivity contribution in [1.29, 1.82) is 0 Å². The van der Waals surface area contributed by atoms with E-state index >= 15 is 0 Å². The Morgan fingerprint density at radius 3 is 2.65 bits per heavy atom. The quantitative estimate of drug-likeness (QED) is 0.931. The van der Waals surface area contributed by atoms with Crippen LogP contribution in [0.3, 0.4) is 0 Å². The fourth-order valence-electron chi connectivity index (χ4n) is 1.23. The zero-order valence-corrected chi connectivity index (χ0v) is 10.2. The number of nitrogen functional groups attached to an aromatic ring is 1.